The Bertz CT molecular complexity index is 2150. The average Bonchev–Trinajstić information content (AvgIpc) is 0.793. The van der Waals surface area contributed by atoms with Crippen LogP contribution in [0.4, 0.5) is 0 Å². The Morgan fingerprint density at radius 3 is 0.734 bits per heavy atom. The fourth-order valence-corrected chi connectivity index (χ4v) is 12.6. The second-order valence-electron chi connectivity index (χ2n) is 26.3. The lowest BCUT2D eigenvalue weighted by atomic mass is 9.79. The number of rotatable bonds is 56. The van der Waals surface area contributed by atoms with Crippen molar-refractivity contribution < 1.29 is 69.3 Å². The Labute approximate surface area is 573 Å². The maximum Gasteiger partial charge on any atom is 0.0773 e. The minimum Gasteiger partial charge on any atom is -0.396 e. The quantitative estimate of drug-likeness (QED) is 0.0247. The van der Waals surface area contributed by atoms with Crippen molar-refractivity contribution >= 4 is 0 Å². The highest BCUT2D eigenvalue weighted by molar-refractivity contribution is 5.53. The van der Waals surface area contributed by atoms with E-state index in [9.17, 15) is 20.4 Å². The van der Waals surface area contributed by atoms with Gasteiger partial charge in [0.25, 0.3) is 0 Å². The number of unbranched alkanes of at least 4 members (excludes halogenated alkanes) is 16. The van der Waals surface area contributed by atoms with Crippen LogP contribution in [0.5, 0.6) is 0 Å². The van der Waals surface area contributed by atoms with Crippen LogP contribution in [-0.4, -0.2) is 132 Å². The zero-order valence-corrected chi connectivity index (χ0v) is 62.1. The van der Waals surface area contributed by atoms with Gasteiger partial charge in [-0.3, -0.25) is 0 Å². The molecule has 0 aliphatic heterocycles. The molecule has 2 atom stereocenters. The zero-order valence-electron chi connectivity index (χ0n) is 62.1. The molecule has 3 rings (SSSR count). The smallest absolute Gasteiger partial charge is 0.0773 e. The van der Waals surface area contributed by atoms with Gasteiger partial charge >= 0.3 is 0 Å². The van der Waals surface area contributed by atoms with Gasteiger partial charge in [0, 0.05) is 39.6 Å². The fraction of sp³-hybridized carbons (Fsp3) is 0.775. The van der Waals surface area contributed by atoms with Crippen molar-refractivity contribution in [2.75, 3.05) is 79.3 Å². The van der Waals surface area contributed by atoms with Gasteiger partial charge in [0.1, 0.15) is 0 Å². The number of benzene rings is 3. The summed E-state index contributed by atoms with van der Waals surface area (Å²) < 4.78 is 35.4. The summed E-state index contributed by atoms with van der Waals surface area (Å²) in [5.74, 6) is 0. The lowest BCUT2D eigenvalue weighted by molar-refractivity contribution is 0.0214. The molecule has 94 heavy (non-hydrogen) atoms. The van der Waals surface area contributed by atoms with E-state index in [1.807, 2.05) is 0 Å². The molecule has 14 nitrogen and oxygen atoms in total. The van der Waals surface area contributed by atoms with E-state index < -0.39 is 12.2 Å². The minimum atomic E-state index is -0.504. The molecule has 0 aliphatic rings. The monoisotopic (exact) mass is 1330 g/mol. The molecule has 0 saturated carbocycles. The maximum absolute atomic E-state index is 10.00. The van der Waals surface area contributed by atoms with Crippen LogP contribution >= 0.6 is 0 Å². The molecule has 0 bridgehead atoms. The highest BCUT2D eigenvalue weighted by Gasteiger charge is 2.25. The van der Waals surface area contributed by atoms with E-state index in [0.29, 0.717) is 105 Å². The minimum absolute atomic E-state index is 0.0448. The number of aliphatic hydroxyl groups excluding tert-OH is 8. The summed E-state index contributed by atoms with van der Waals surface area (Å²) in [5.41, 5.74) is 23.7. The molecule has 0 fully saturated rings. The van der Waals surface area contributed by atoms with Crippen LogP contribution in [0.1, 0.15) is 295 Å². The molecule has 0 aromatic heterocycles. The van der Waals surface area contributed by atoms with Crippen LogP contribution in [0.25, 0.3) is 0 Å². The van der Waals surface area contributed by atoms with Crippen molar-refractivity contribution in [3.8, 4) is 0 Å². The van der Waals surface area contributed by atoms with Crippen LogP contribution in [0, 0.1) is 55.4 Å². The number of ether oxygens (including phenoxy) is 6. The third kappa shape index (κ3) is 35.7. The molecule has 0 saturated heterocycles. The van der Waals surface area contributed by atoms with E-state index in [2.05, 4.69) is 83.1 Å². The van der Waals surface area contributed by atoms with Crippen LogP contribution < -0.4 is 0 Å². The first-order valence-corrected chi connectivity index (χ1v) is 37.4. The van der Waals surface area contributed by atoms with Crippen LogP contribution in [0.3, 0.4) is 0 Å². The van der Waals surface area contributed by atoms with Gasteiger partial charge in [-0.2, -0.15) is 0 Å². The maximum atomic E-state index is 10.00. The van der Waals surface area contributed by atoms with Crippen molar-refractivity contribution in [3.63, 3.8) is 0 Å². The Kier molecular flexibility index (Phi) is 54.9. The summed E-state index contributed by atoms with van der Waals surface area (Å²) in [7, 11) is 0. The van der Waals surface area contributed by atoms with E-state index in [4.69, 9.17) is 48.8 Å². The SMILES string of the molecule is CCCCCCc1c(CCCCCC)c(COCCCCO)c(CCCCCC)c(COCCCCO)c1CCCCCC.Cc1c(C)c(COCC(O)CCCCO)c(C)c(C)c1COCC(O)CCCCO.Cc1c(C)c(COCCO)c(C)c(C)c1COCCO. The molecular weight excluding hydrogens is 1180 g/mol. The first-order valence-electron chi connectivity index (χ1n) is 37.4. The predicted octanol–water partition coefficient (Wildman–Crippen LogP) is 15.7. The third-order valence-electron chi connectivity index (χ3n) is 19.0. The number of hydrogen-bond donors (Lipinski definition) is 8. The van der Waals surface area contributed by atoms with Gasteiger partial charge in [0.2, 0.25) is 0 Å². The summed E-state index contributed by atoms with van der Waals surface area (Å²) in [5, 5.41) is 73.9. The molecule has 8 N–H and O–H groups in total. The molecule has 0 amide bonds. The predicted molar refractivity (Wildman–Crippen MR) is 387 cm³/mol. The van der Waals surface area contributed by atoms with E-state index in [1.54, 1.807) is 22.3 Å². The van der Waals surface area contributed by atoms with E-state index >= 15 is 0 Å². The van der Waals surface area contributed by atoms with Gasteiger partial charge in [0.15, 0.2) is 0 Å². The van der Waals surface area contributed by atoms with E-state index in [1.165, 1.54) is 189 Å². The van der Waals surface area contributed by atoms with Crippen molar-refractivity contribution in [1.82, 2.24) is 0 Å². The molecule has 14 heteroatoms. The topological polar surface area (TPSA) is 217 Å². The summed E-state index contributed by atoms with van der Waals surface area (Å²) in [4.78, 5) is 0. The molecule has 3 aromatic carbocycles. The summed E-state index contributed by atoms with van der Waals surface area (Å²) >= 11 is 0. The molecule has 0 aliphatic carbocycles. The van der Waals surface area contributed by atoms with Gasteiger partial charge in [-0.15, -0.1) is 0 Å². The lowest BCUT2D eigenvalue weighted by Crippen LogP contribution is -2.17. The van der Waals surface area contributed by atoms with E-state index in [-0.39, 0.29) is 39.6 Å². The molecule has 0 spiro atoms. The molecule has 0 radical (unpaired) electrons. The van der Waals surface area contributed by atoms with Crippen molar-refractivity contribution in [2.24, 2.45) is 0 Å². The third-order valence-corrected chi connectivity index (χ3v) is 19.0. The summed E-state index contributed by atoms with van der Waals surface area (Å²) in [6, 6.07) is 0. The number of hydrogen-bond acceptors (Lipinski definition) is 14. The molecule has 2 unspecified atom stereocenters. The first kappa shape index (κ1) is 89.1. The average molecular weight is 1330 g/mol. The van der Waals surface area contributed by atoms with Gasteiger partial charge in [-0.1, -0.05) is 105 Å². The zero-order chi connectivity index (χ0) is 69.7. The van der Waals surface area contributed by atoms with E-state index in [0.717, 1.165) is 56.1 Å². The van der Waals surface area contributed by atoms with Gasteiger partial charge in [0.05, 0.1) is 91.5 Å². The molecule has 3 aromatic rings. The van der Waals surface area contributed by atoms with Crippen LogP contribution in [-0.2, 0) is 93.7 Å². The Morgan fingerprint density at radius 2 is 0.468 bits per heavy atom. The Morgan fingerprint density at radius 1 is 0.234 bits per heavy atom. The Balaban J connectivity index is 0.000000761. The molecular formula is C80H142O14. The second-order valence-corrected chi connectivity index (χ2v) is 26.3. The van der Waals surface area contributed by atoms with Crippen molar-refractivity contribution in [3.05, 3.63) is 100 Å². The normalized spacial score (nSPS) is 12.1. The standard InChI is InChI=1S/C40H74O4.C24H42O6.C16H26O4/c1-5-9-13-17-25-35-36(26-18-14-10-6-2)39(33-43-31-23-21-29-41)38(28-20-16-12-8-4)40(34-44-32-24-22-30-42)37(35)27-19-15-11-7-3;1-17-18(2)24(16-30-14-22(28)10-6-8-12-26)20(4)19(3)23(17)15-29-13-21(27)9-5-7-11-25;1-11-12(2)16(10-20-8-6-18)14(4)13(3)15(11)9-19-7-5-17/h41-42H,5-34H2,1-4H3;21-22,25-28H,5-16H2,1-4H3;17-18H,5-10H2,1-4H3. The largest absolute Gasteiger partial charge is 0.396 e. The molecule has 0 heterocycles. The van der Waals surface area contributed by atoms with Gasteiger partial charge in [-0.05, 0) is 271 Å². The van der Waals surface area contributed by atoms with Crippen molar-refractivity contribution in [1.29, 1.82) is 0 Å². The summed E-state index contributed by atoms with van der Waals surface area (Å²) in [6.07, 6.45) is 31.8. The van der Waals surface area contributed by atoms with Crippen LogP contribution in [0.15, 0.2) is 0 Å². The Hall–Kier alpha value is -2.90. The first-order chi connectivity index (χ1) is 45.6. The van der Waals surface area contributed by atoms with Crippen molar-refractivity contribution in [2.45, 2.75) is 328 Å². The second kappa shape index (κ2) is 57.9. The van der Waals surface area contributed by atoms with Crippen LogP contribution in [0.2, 0.25) is 0 Å². The highest BCUT2D eigenvalue weighted by Crippen LogP contribution is 2.36. The molecule has 546 valence electrons. The number of aliphatic hydroxyl groups is 8. The summed E-state index contributed by atoms with van der Waals surface area (Å²) in [6.45, 7) is 32.9. The fourth-order valence-electron chi connectivity index (χ4n) is 12.6. The lowest BCUT2D eigenvalue weighted by Gasteiger charge is -2.28. The van der Waals surface area contributed by atoms with Gasteiger partial charge in [-0.25, -0.2) is 0 Å². The van der Waals surface area contributed by atoms with Gasteiger partial charge < -0.3 is 69.3 Å². The highest BCUT2D eigenvalue weighted by atomic mass is 16.5.